The van der Waals surface area contributed by atoms with Crippen molar-refractivity contribution in [2.75, 3.05) is 16.6 Å². The van der Waals surface area contributed by atoms with Crippen molar-refractivity contribution in [2.24, 2.45) is 0 Å². The van der Waals surface area contributed by atoms with Crippen molar-refractivity contribution >= 4 is 33.5 Å². The molecule has 0 bridgehead atoms. The molecule has 0 saturated heterocycles. The molecule has 3 rings (SSSR count). The van der Waals surface area contributed by atoms with Gasteiger partial charge in [-0.2, -0.15) is 0 Å². The number of benzene rings is 1. The number of sulfonamides is 1. The van der Waals surface area contributed by atoms with Gasteiger partial charge in [0.2, 0.25) is 5.95 Å². The Morgan fingerprint density at radius 1 is 0.931 bits per heavy atom. The maximum atomic E-state index is 12.3. The predicted octanol–water partition coefficient (Wildman–Crippen LogP) is 1.47. The van der Waals surface area contributed by atoms with Gasteiger partial charge in [-0.05, 0) is 42.5 Å². The van der Waals surface area contributed by atoms with Crippen LogP contribution >= 0.6 is 0 Å². The molecule has 0 fully saturated rings. The van der Waals surface area contributed by atoms with Crippen LogP contribution in [0.5, 0.6) is 0 Å². The highest BCUT2D eigenvalue weighted by atomic mass is 32.2. The SMILES string of the molecule is O=C(COC(=O)c1ccncc1)Nc1ccc(S(=O)(=O)Nc2ncccn2)cc1. The summed E-state index contributed by atoms with van der Waals surface area (Å²) in [6.45, 7) is -0.492. The number of nitrogens with one attached hydrogen (secondary N) is 2. The summed E-state index contributed by atoms with van der Waals surface area (Å²) < 4.78 is 31.8. The summed E-state index contributed by atoms with van der Waals surface area (Å²) in [5.41, 5.74) is 0.613. The molecule has 0 unspecified atom stereocenters. The average Bonchev–Trinajstić information content (AvgIpc) is 2.73. The van der Waals surface area contributed by atoms with Gasteiger partial charge >= 0.3 is 5.97 Å². The fourth-order valence-corrected chi connectivity index (χ4v) is 3.11. The molecule has 0 atom stereocenters. The molecular weight excluding hydrogens is 398 g/mol. The summed E-state index contributed by atoms with van der Waals surface area (Å²) in [5.74, 6) is -1.28. The van der Waals surface area contributed by atoms with Gasteiger partial charge in [-0.3, -0.25) is 9.78 Å². The summed E-state index contributed by atoms with van der Waals surface area (Å²) in [6.07, 6.45) is 5.69. The van der Waals surface area contributed by atoms with Crippen molar-refractivity contribution in [3.63, 3.8) is 0 Å². The van der Waals surface area contributed by atoms with Gasteiger partial charge < -0.3 is 10.1 Å². The zero-order valence-electron chi connectivity index (χ0n) is 14.8. The fourth-order valence-electron chi connectivity index (χ4n) is 2.15. The van der Waals surface area contributed by atoms with E-state index < -0.39 is 28.5 Å². The molecule has 0 saturated carbocycles. The lowest BCUT2D eigenvalue weighted by molar-refractivity contribution is -0.119. The zero-order chi connectivity index (χ0) is 20.7. The van der Waals surface area contributed by atoms with Gasteiger partial charge in [0.15, 0.2) is 6.61 Å². The van der Waals surface area contributed by atoms with Crippen molar-refractivity contribution in [1.29, 1.82) is 0 Å². The van der Waals surface area contributed by atoms with Crippen molar-refractivity contribution in [2.45, 2.75) is 4.90 Å². The number of carbonyl (C=O) groups is 2. The van der Waals surface area contributed by atoms with Crippen LogP contribution in [-0.2, 0) is 19.6 Å². The summed E-state index contributed by atoms with van der Waals surface area (Å²) in [5, 5.41) is 2.51. The van der Waals surface area contributed by atoms with Crippen molar-refractivity contribution in [3.8, 4) is 0 Å². The first-order valence-electron chi connectivity index (χ1n) is 8.21. The quantitative estimate of drug-likeness (QED) is 0.555. The molecule has 2 heterocycles. The lowest BCUT2D eigenvalue weighted by Gasteiger charge is -2.09. The Labute approximate surface area is 166 Å². The number of amides is 1. The van der Waals surface area contributed by atoms with Crippen molar-refractivity contribution in [3.05, 3.63) is 72.8 Å². The highest BCUT2D eigenvalue weighted by Gasteiger charge is 2.16. The highest BCUT2D eigenvalue weighted by Crippen LogP contribution is 2.16. The van der Waals surface area contributed by atoms with Crippen LogP contribution in [0.1, 0.15) is 10.4 Å². The number of esters is 1. The molecule has 0 aliphatic carbocycles. The number of pyridine rings is 1. The van der Waals surface area contributed by atoms with Crippen LogP contribution in [0.4, 0.5) is 11.6 Å². The molecule has 1 amide bonds. The zero-order valence-corrected chi connectivity index (χ0v) is 15.7. The molecule has 0 radical (unpaired) electrons. The van der Waals surface area contributed by atoms with Gasteiger partial charge in [-0.1, -0.05) is 0 Å². The van der Waals surface area contributed by atoms with Crippen LogP contribution in [0.2, 0.25) is 0 Å². The first kappa shape index (κ1) is 19.9. The van der Waals surface area contributed by atoms with Crippen LogP contribution in [-0.4, -0.2) is 41.9 Å². The Hall–Kier alpha value is -3.86. The molecule has 148 valence electrons. The van der Waals surface area contributed by atoms with E-state index in [1.54, 1.807) is 6.07 Å². The molecule has 2 aromatic heterocycles. The molecule has 11 heteroatoms. The van der Waals surface area contributed by atoms with Crippen molar-refractivity contribution < 1.29 is 22.7 Å². The summed E-state index contributed by atoms with van der Waals surface area (Å²) in [7, 11) is -3.87. The number of nitrogens with zero attached hydrogens (tertiary/aromatic N) is 3. The van der Waals surface area contributed by atoms with E-state index in [9.17, 15) is 18.0 Å². The van der Waals surface area contributed by atoms with E-state index in [-0.39, 0.29) is 16.4 Å². The van der Waals surface area contributed by atoms with E-state index in [1.165, 1.54) is 61.2 Å². The summed E-state index contributed by atoms with van der Waals surface area (Å²) >= 11 is 0. The first-order chi connectivity index (χ1) is 13.9. The Balaban J connectivity index is 1.56. The fraction of sp³-hybridized carbons (Fsp3) is 0.0556. The molecule has 2 N–H and O–H groups in total. The normalized spacial score (nSPS) is 10.8. The molecule has 1 aromatic carbocycles. The maximum Gasteiger partial charge on any atom is 0.338 e. The first-order valence-corrected chi connectivity index (χ1v) is 9.69. The largest absolute Gasteiger partial charge is 0.452 e. The number of ether oxygens (including phenoxy) is 1. The third kappa shape index (κ3) is 5.56. The van der Waals surface area contributed by atoms with E-state index in [2.05, 4.69) is 25.0 Å². The van der Waals surface area contributed by atoms with Gasteiger partial charge in [-0.15, -0.1) is 0 Å². The average molecular weight is 413 g/mol. The van der Waals surface area contributed by atoms with Gasteiger partial charge in [0, 0.05) is 30.5 Å². The second-order valence-corrected chi connectivity index (χ2v) is 7.24. The van der Waals surface area contributed by atoms with Gasteiger partial charge in [-0.25, -0.2) is 27.9 Å². The monoisotopic (exact) mass is 413 g/mol. The molecule has 0 spiro atoms. The Morgan fingerprint density at radius 2 is 1.59 bits per heavy atom. The topological polar surface area (TPSA) is 140 Å². The Morgan fingerprint density at radius 3 is 2.24 bits per heavy atom. The number of rotatable bonds is 7. The molecular formula is C18H15N5O5S. The number of anilines is 2. The minimum absolute atomic E-state index is 0.0351. The number of hydrogen-bond donors (Lipinski definition) is 2. The Kier molecular flexibility index (Phi) is 6.09. The standard InChI is InChI=1S/C18H15N5O5S/c24-16(12-28-17(25)13-6-10-19-11-7-13)22-14-2-4-15(5-3-14)29(26,27)23-18-20-8-1-9-21-18/h1-11H,12H2,(H,22,24)(H,20,21,23). The number of hydrogen-bond acceptors (Lipinski definition) is 8. The van der Waals surface area contributed by atoms with Crippen LogP contribution in [0.15, 0.2) is 72.1 Å². The lowest BCUT2D eigenvalue weighted by atomic mass is 10.3. The second-order valence-electron chi connectivity index (χ2n) is 5.56. The second kappa shape index (κ2) is 8.89. The van der Waals surface area contributed by atoms with E-state index in [0.717, 1.165) is 0 Å². The van der Waals surface area contributed by atoms with Crippen LogP contribution in [0.3, 0.4) is 0 Å². The highest BCUT2D eigenvalue weighted by molar-refractivity contribution is 7.92. The molecule has 0 aliphatic heterocycles. The van der Waals surface area contributed by atoms with E-state index in [1.807, 2.05) is 0 Å². The summed E-state index contributed by atoms with van der Waals surface area (Å²) in [4.78, 5) is 35.1. The molecule has 3 aromatic rings. The van der Waals surface area contributed by atoms with E-state index in [4.69, 9.17) is 4.74 Å². The summed E-state index contributed by atoms with van der Waals surface area (Å²) in [6, 6.07) is 9.92. The maximum absolute atomic E-state index is 12.3. The molecule has 10 nitrogen and oxygen atoms in total. The third-order valence-electron chi connectivity index (χ3n) is 3.49. The third-order valence-corrected chi connectivity index (χ3v) is 4.83. The van der Waals surface area contributed by atoms with Gasteiger partial charge in [0.05, 0.1) is 10.5 Å². The van der Waals surface area contributed by atoms with Crippen molar-refractivity contribution in [1.82, 2.24) is 15.0 Å². The predicted molar refractivity (Wildman–Crippen MR) is 102 cm³/mol. The van der Waals surface area contributed by atoms with Crippen LogP contribution in [0.25, 0.3) is 0 Å². The molecule has 0 aliphatic rings. The van der Waals surface area contributed by atoms with E-state index >= 15 is 0 Å². The minimum Gasteiger partial charge on any atom is -0.452 e. The minimum atomic E-state index is -3.87. The van der Waals surface area contributed by atoms with Crippen LogP contribution < -0.4 is 10.0 Å². The van der Waals surface area contributed by atoms with E-state index in [0.29, 0.717) is 5.69 Å². The lowest BCUT2D eigenvalue weighted by Crippen LogP contribution is -2.21. The van der Waals surface area contributed by atoms with Gasteiger partial charge in [0.25, 0.3) is 15.9 Å². The van der Waals surface area contributed by atoms with Crippen LogP contribution in [0, 0.1) is 0 Å². The Bertz CT molecular complexity index is 1090. The molecule has 29 heavy (non-hydrogen) atoms. The van der Waals surface area contributed by atoms with Gasteiger partial charge in [0.1, 0.15) is 0 Å². The smallest absolute Gasteiger partial charge is 0.338 e. The number of carbonyl (C=O) groups excluding carboxylic acids is 2. The number of aromatic nitrogens is 3.